The Labute approximate surface area is 153 Å². The molecule has 1 fully saturated rings. The monoisotopic (exact) mass is 362 g/mol. The van der Waals surface area contributed by atoms with E-state index in [2.05, 4.69) is 5.32 Å². The van der Waals surface area contributed by atoms with Crippen molar-refractivity contribution in [1.82, 2.24) is 4.90 Å². The molecule has 7 nitrogen and oxygen atoms in total. The summed E-state index contributed by atoms with van der Waals surface area (Å²) < 4.78 is 10.9. The first-order valence-electron chi connectivity index (χ1n) is 8.70. The fourth-order valence-electron chi connectivity index (χ4n) is 2.63. The van der Waals surface area contributed by atoms with E-state index in [0.29, 0.717) is 37.2 Å². The topological polar surface area (TPSA) is 84.9 Å². The highest BCUT2D eigenvalue weighted by atomic mass is 16.6. The highest BCUT2D eigenvalue weighted by Crippen LogP contribution is 2.19. The van der Waals surface area contributed by atoms with Crippen LogP contribution in [-0.4, -0.2) is 47.7 Å². The van der Waals surface area contributed by atoms with Crippen LogP contribution in [0.5, 0.6) is 0 Å². The van der Waals surface area contributed by atoms with Gasteiger partial charge in [0, 0.05) is 38.5 Å². The van der Waals surface area contributed by atoms with Crippen LogP contribution in [-0.2, 0) is 14.3 Å². The number of benzene rings is 1. The van der Waals surface area contributed by atoms with Gasteiger partial charge in [-0.25, -0.2) is 9.59 Å². The van der Waals surface area contributed by atoms with Gasteiger partial charge in [-0.2, -0.15) is 0 Å². The molecule has 0 aliphatic carbocycles. The van der Waals surface area contributed by atoms with Gasteiger partial charge in [0.1, 0.15) is 11.7 Å². The molecule has 0 atom stereocenters. The lowest BCUT2D eigenvalue weighted by Gasteiger charge is -2.33. The molecule has 0 saturated carbocycles. The van der Waals surface area contributed by atoms with Gasteiger partial charge >= 0.3 is 12.1 Å². The average Bonchev–Trinajstić information content (AvgIpc) is 2.53. The molecule has 142 valence electrons. The molecule has 1 N–H and O–H groups in total. The van der Waals surface area contributed by atoms with E-state index in [4.69, 9.17) is 9.47 Å². The normalized spacial score (nSPS) is 15.3. The van der Waals surface area contributed by atoms with E-state index in [9.17, 15) is 14.4 Å². The minimum Gasteiger partial charge on any atom is -0.459 e. The van der Waals surface area contributed by atoms with E-state index in [1.165, 1.54) is 6.92 Å². The van der Waals surface area contributed by atoms with Crippen molar-refractivity contribution in [1.29, 1.82) is 0 Å². The predicted octanol–water partition coefficient (Wildman–Crippen LogP) is 3.20. The quantitative estimate of drug-likeness (QED) is 0.835. The van der Waals surface area contributed by atoms with Gasteiger partial charge in [-0.3, -0.25) is 4.79 Å². The highest BCUT2D eigenvalue weighted by Gasteiger charge is 2.28. The first-order valence-corrected chi connectivity index (χ1v) is 8.70. The molecule has 0 radical (unpaired) electrons. The van der Waals surface area contributed by atoms with Gasteiger partial charge in [0.2, 0.25) is 5.91 Å². The van der Waals surface area contributed by atoms with Crippen LogP contribution < -0.4 is 5.32 Å². The van der Waals surface area contributed by atoms with E-state index in [0.717, 1.165) is 0 Å². The molecule has 1 aliphatic rings. The minimum absolute atomic E-state index is 0.204. The van der Waals surface area contributed by atoms with Crippen molar-refractivity contribution in [2.45, 2.75) is 52.2 Å². The number of hydrogen-bond donors (Lipinski definition) is 1. The van der Waals surface area contributed by atoms with E-state index >= 15 is 0 Å². The van der Waals surface area contributed by atoms with Crippen LogP contribution in [0, 0.1) is 0 Å². The van der Waals surface area contributed by atoms with Crippen molar-refractivity contribution in [3.8, 4) is 0 Å². The summed E-state index contributed by atoms with van der Waals surface area (Å²) in [6.07, 6.45) is 0.545. The lowest BCUT2D eigenvalue weighted by atomic mass is 10.1. The number of hydrogen-bond acceptors (Lipinski definition) is 5. The Morgan fingerprint density at radius 3 is 2.38 bits per heavy atom. The summed E-state index contributed by atoms with van der Waals surface area (Å²) in [6, 6.07) is 6.62. The third-order valence-electron chi connectivity index (χ3n) is 3.79. The summed E-state index contributed by atoms with van der Waals surface area (Å²) in [4.78, 5) is 37.1. The number of anilines is 1. The van der Waals surface area contributed by atoms with Crippen LogP contribution in [0.15, 0.2) is 24.3 Å². The van der Waals surface area contributed by atoms with Crippen LogP contribution in [0.1, 0.15) is 50.9 Å². The summed E-state index contributed by atoms with van der Waals surface area (Å²) in [6.45, 7) is 7.86. The molecular formula is C19H26N2O5. The maximum absolute atomic E-state index is 12.3. The Bertz CT molecular complexity index is 673. The number of carbonyl (C=O) groups excluding carboxylic acids is 3. The molecule has 2 rings (SSSR count). The fourth-order valence-corrected chi connectivity index (χ4v) is 2.63. The molecule has 0 spiro atoms. The first kappa shape index (κ1) is 19.8. The number of carbonyl (C=O) groups is 3. The second-order valence-corrected chi connectivity index (χ2v) is 7.33. The Balaban J connectivity index is 1.86. The second-order valence-electron chi connectivity index (χ2n) is 7.33. The van der Waals surface area contributed by atoms with Crippen LogP contribution in [0.3, 0.4) is 0 Å². The number of piperidine rings is 1. The van der Waals surface area contributed by atoms with Crippen LogP contribution in [0.4, 0.5) is 10.5 Å². The number of ether oxygens (including phenoxy) is 2. The van der Waals surface area contributed by atoms with E-state index in [1.54, 1.807) is 29.2 Å². The van der Waals surface area contributed by atoms with Gasteiger partial charge in [0.05, 0.1) is 5.56 Å². The van der Waals surface area contributed by atoms with E-state index < -0.39 is 11.6 Å². The van der Waals surface area contributed by atoms with Gasteiger partial charge in [-0.05, 0) is 39.0 Å². The average molecular weight is 362 g/mol. The molecule has 7 heteroatoms. The molecule has 1 aliphatic heterocycles. The van der Waals surface area contributed by atoms with Crippen molar-refractivity contribution < 1.29 is 23.9 Å². The maximum Gasteiger partial charge on any atom is 0.410 e. The van der Waals surface area contributed by atoms with E-state index in [-0.39, 0.29) is 18.1 Å². The number of likely N-dealkylation sites (tertiary alicyclic amines) is 1. The van der Waals surface area contributed by atoms with Crippen LogP contribution >= 0.6 is 0 Å². The Kier molecular flexibility index (Phi) is 6.23. The Hall–Kier alpha value is -2.57. The smallest absolute Gasteiger partial charge is 0.410 e. The lowest BCUT2D eigenvalue weighted by Crippen LogP contribution is -2.43. The number of nitrogens with one attached hydrogen (secondary N) is 1. The molecule has 1 saturated heterocycles. The highest BCUT2D eigenvalue weighted by molar-refractivity contribution is 5.93. The third-order valence-corrected chi connectivity index (χ3v) is 3.79. The zero-order valence-electron chi connectivity index (χ0n) is 15.7. The number of rotatable bonds is 3. The molecule has 0 aromatic heterocycles. The minimum atomic E-state index is -0.528. The summed E-state index contributed by atoms with van der Waals surface area (Å²) in [5, 5.41) is 2.64. The summed E-state index contributed by atoms with van der Waals surface area (Å²) >= 11 is 0. The largest absolute Gasteiger partial charge is 0.459 e. The SMILES string of the molecule is CC(=O)Nc1cccc(C(=O)OC2CCN(C(=O)OC(C)(C)C)CC2)c1. The maximum atomic E-state index is 12.3. The van der Waals surface area contributed by atoms with Gasteiger partial charge in [-0.1, -0.05) is 6.07 Å². The standard InChI is InChI=1S/C19H26N2O5/c1-13(22)20-15-7-5-6-14(12-15)17(23)25-16-8-10-21(11-9-16)18(24)26-19(2,3)4/h5-7,12,16H,8-11H2,1-4H3,(H,20,22). The predicted molar refractivity (Wildman–Crippen MR) is 97.0 cm³/mol. The Morgan fingerprint density at radius 1 is 1.15 bits per heavy atom. The molecule has 2 amide bonds. The zero-order chi connectivity index (χ0) is 19.3. The van der Waals surface area contributed by atoms with Crippen LogP contribution in [0.25, 0.3) is 0 Å². The molecule has 26 heavy (non-hydrogen) atoms. The van der Waals surface area contributed by atoms with Gasteiger partial charge in [0.25, 0.3) is 0 Å². The number of amides is 2. The third kappa shape index (κ3) is 6.06. The van der Waals surface area contributed by atoms with Crippen molar-refractivity contribution in [2.24, 2.45) is 0 Å². The van der Waals surface area contributed by atoms with Crippen LogP contribution in [0.2, 0.25) is 0 Å². The second kappa shape index (κ2) is 8.21. The van der Waals surface area contributed by atoms with Crippen molar-refractivity contribution in [2.75, 3.05) is 18.4 Å². The molecule has 1 aromatic rings. The van der Waals surface area contributed by atoms with Crippen molar-refractivity contribution >= 4 is 23.7 Å². The molecule has 0 unspecified atom stereocenters. The lowest BCUT2D eigenvalue weighted by molar-refractivity contribution is -0.114. The molecule has 1 aromatic carbocycles. The Morgan fingerprint density at radius 2 is 1.81 bits per heavy atom. The molecule has 0 bridgehead atoms. The first-order chi connectivity index (χ1) is 12.1. The molecule has 1 heterocycles. The number of esters is 1. The zero-order valence-corrected chi connectivity index (χ0v) is 15.7. The van der Waals surface area contributed by atoms with Crippen molar-refractivity contribution in [3.63, 3.8) is 0 Å². The van der Waals surface area contributed by atoms with Gasteiger partial charge in [-0.15, -0.1) is 0 Å². The van der Waals surface area contributed by atoms with Gasteiger partial charge < -0.3 is 19.7 Å². The summed E-state index contributed by atoms with van der Waals surface area (Å²) in [7, 11) is 0. The van der Waals surface area contributed by atoms with E-state index in [1.807, 2.05) is 20.8 Å². The fraction of sp³-hybridized carbons (Fsp3) is 0.526. The summed E-state index contributed by atoms with van der Waals surface area (Å²) in [5.74, 6) is -0.641. The molecular weight excluding hydrogens is 336 g/mol. The number of nitrogens with zero attached hydrogens (tertiary/aromatic N) is 1. The van der Waals surface area contributed by atoms with Crippen molar-refractivity contribution in [3.05, 3.63) is 29.8 Å². The van der Waals surface area contributed by atoms with Gasteiger partial charge in [0.15, 0.2) is 0 Å². The summed E-state index contributed by atoms with van der Waals surface area (Å²) in [5.41, 5.74) is 0.400.